The van der Waals surface area contributed by atoms with E-state index in [1.165, 1.54) is 49.7 Å². The van der Waals surface area contributed by atoms with E-state index in [2.05, 4.69) is 42.7 Å². The van der Waals surface area contributed by atoms with Gasteiger partial charge < -0.3 is 9.88 Å². The highest BCUT2D eigenvalue weighted by atomic mass is 15.3. The molecule has 28 heavy (non-hydrogen) atoms. The number of likely N-dealkylation sites (tertiary alicyclic amines) is 1. The van der Waals surface area contributed by atoms with Gasteiger partial charge in [0, 0.05) is 42.8 Å². The van der Waals surface area contributed by atoms with Crippen LogP contribution >= 0.6 is 0 Å². The van der Waals surface area contributed by atoms with E-state index in [-0.39, 0.29) is 0 Å². The van der Waals surface area contributed by atoms with Crippen LogP contribution in [0.15, 0.2) is 37.1 Å². The number of fused-ring (bicyclic) bond motifs is 1. The van der Waals surface area contributed by atoms with Crippen molar-refractivity contribution in [2.24, 2.45) is 0 Å². The van der Waals surface area contributed by atoms with E-state index in [0.717, 1.165) is 36.5 Å². The molecule has 1 atom stereocenters. The van der Waals surface area contributed by atoms with E-state index in [1.807, 2.05) is 18.5 Å². The van der Waals surface area contributed by atoms with Crippen LogP contribution in [0, 0.1) is 0 Å². The lowest BCUT2D eigenvalue weighted by atomic mass is 9.79. The summed E-state index contributed by atoms with van der Waals surface area (Å²) in [6.07, 6.45) is 13.9. The average molecular weight is 377 g/mol. The van der Waals surface area contributed by atoms with E-state index in [1.54, 1.807) is 12.5 Å². The predicted octanol–water partition coefficient (Wildman–Crippen LogP) is 3.86. The zero-order valence-electron chi connectivity index (χ0n) is 16.6. The highest BCUT2D eigenvalue weighted by molar-refractivity contribution is 6.01. The van der Waals surface area contributed by atoms with Crippen molar-refractivity contribution in [3.05, 3.63) is 37.1 Å². The minimum atomic E-state index is 0.326. The second kappa shape index (κ2) is 7.17. The summed E-state index contributed by atoms with van der Waals surface area (Å²) in [5.74, 6) is 0. The molecule has 1 N–H and O–H groups in total. The van der Waals surface area contributed by atoms with Crippen molar-refractivity contribution in [3.63, 3.8) is 0 Å². The molecule has 2 aliphatic rings. The Morgan fingerprint density at radius 1 is 1.07 bits per heavy atom. The summed E-state index contributed by atoms with van der Waals surface area (Å²) in [5, 5.41) is 1.18. The molecule has 2 aliphatic heterocycles. The lowest BCUT2D eigenvalue weighted by Crippen LogP contribution is -2.60. The number of rotatable bonds is 3. The van der Waals surface area contributed by atoms with Crippen LogP contribution in [0.4, 0.5) is 5.69 Å². The summed E-state index contributed by atoms with van der Waals surface area (Å²) in [4.78, 5) is 21.8. The van der Waals surface area contributed by atoms with Crippen molar-refractivity contribution < 1.29 is 0 Å². The molecule has 0 amide bonds. The van der Waals surface area contributed by atoms with E-state index in [0.29, 0.717) is 5.54 Å². The monoisotopic (exact) mass is 376 g/mol. The van der Waals surface area contributed by atoms with Crippen molar-refractivity contribution in [3.8, 4) is 11.3 Å². The maximum Gasteiger partial charge on any atom is 0.140 e. The van der Waals surface area contributed by atoms with Crippen LogP contribution in [0.2, 0.25) is 0 Å². The van der Waals surface area contributed by atoms with E-state index in [9.17, 15) is 0 Å². The fourth-order valence-corrected chi connectivity index (χ4v) is 5.38. The largest absolute Gasteiger partial charge is 0.369 e. The molecule has 5 heterocycles. The van der Waals surface area contributed by atoms with Crippen LogP contribution in [-0.4, -0.2) is 56.6 Å². The van der Waals surface area contributed by atoms with Gasteiger partial charge in [-0.25, -0.2) is 15.0 Å². The zero-order valence-corrected chi connectivity index (χ0v) is 16.6. The first-order valence-electron chi connectivity index (χ1n) is 10.5. The number of pyridine rings is 1. The van der Waals surface area contributed by atoms with Gasteiger partial charge in [0.25, 0.3) is 0 Å². The third kappa shape index (κ3) is 2.87. The van der Waals surface area contributed by atoms with Crippen LogP contribution in [0.1, 0.15) is 39.0 Å². The van der Waals surface area contributed by atoms with Gasteiger partial charge in [-0.15, -0.1) is 0 Å². The molecule has 2 saturated heterocycles. The Balaban J connectivity index is 1.57. The molecule has 5 rings (SSSR count). The van der Waals surface area contributed by atoms with Crippen molar-refractivity contribution in [2.75, 3.05) is 31.1 Å². The summed E-state index contributed by atoms with van der Waals surface area (Å²) in [7, 11) is 0. The SMILES string of the molecule is CCN1CCCCC12CCCN(c1ccnc3[nH]cc(-c4ccncn4)c13)C2. The van der Waals surface area contributed by atoms with Crippen LogP contribution in [0.3, 0.4) is 0 Å². The molecule has 146 valence electrons. The first kappa shape index (κ1) is 17.6. The number of nitrogens with zero attached hydrogens (tertiary/aromatic N) is 5. The van der Waals surface area contributed by atoms with Crippen molar-refractivity contribution >= 4 is 16.7 Å². The Hall–Kier alpha value is -2.47. The summed E-state index contributed by atoms with van der Waals surface area (Å²) in [5.41, 5.74) is 4.58. The number of anilines is 1. The molecule has 0 bridgehead atoms. The van der Waals surface area contributed by atoms with Gasteiger partial charge in [-0.2, -0.15) is 0 Å². The Morgan fingerprint density at radius 2 is 2.00 bits per heavy atom. The third-order valence-corrected chi connectivity index (χ3v) is 6.68. The fraction of sp³-hybridized carbons (Fsp3) is 0.500. The van der Waals surface area contributed by atoms with Crippen LogP contribution in [0.25, 0.3) is 22.3 Å². The number of H-pyrrole nitrogens is 1. The van der Waals surface area contributed by atoms with Gasteiger partial charge in [-0.3, -0.25) is 4.90 Å². The number of hydrogen-bond acceptors (Lipinski definition) is 5. The van der Waals surface area contributed by atoms with Gasteiger partial charge >= 0.3 is 0 Å². The Bertz CT molecular complexity index is 948. The summed E-state index contributed by atoms with van der Waals surface area (Å²) < 4.78 is 0. The van der Waals surface area contributed by atoms with Gasteiger partial charge in [0.15, 0.2) is 0 Å². The topological polar surface area (TPSA) is 60.9 Å². The summed E-state index contributed by atoms with van der Waals surface area (Å²) in [6, 6.07) is 4.15. The highest BCUT2D eigenvalue weighted by Gasteiger charge is 2.41. The average Bonchev–Trinajstić information content (AvgIpc) is 3.19. The molecule has 0 radical (unpaired) electrons. The minimum Gasteiger partial charge on any atom is -0.369 e. The van der Waals surface area contributed by atoms with Gasteiger partial charge in [0.05, 0.1) is 16.8 Å². The lowest BCUT2D eigenvalue weighted by molar-refractivity contribution is 0.0384. The second-order valence-corrected chi connectivity index (χ2v) is 8.14. The summed E-state index contributed by atoms with van der Waals surface area (Å²) in [6.45, 7) is 6.92. The molecule has 0 aliphatic carbocycles. The van der Waals surface area contributed by atoms with Gasteiger partial charge in [-0.1, -0.05) is 13.3 Å². The molecule has 1 unspecified atom stereocenters. The molecule has 3 aromatic rings. The number of piperidine rings is 2. The molecule has 6 nitrogen and oxygen atoms in total. The molecule has 6 heteroatoms. The van der Waals surface area contributed by atoms with Gasteiger partial charge in [0.1, 0.15) is 12.0 Å². The number of aromatic nitrogens is 4. The quantitative estimate of drug-likeness (QED) is 0.752. The van der Waals surface area contributed by atoms with Gasteiger partial charge in [-0.05, 0) is 50.9 Å². The van der Waals surface area contributed by atoms with Crippen molar-refractivity contribution in [2.45, 2.75) is 44.6 Å². The number of aromatic amines is 1. The first-order chi connectivity index (χ1) is 13.8. The van der Waals surface area contributed by atoms with Crippen molar-refractivity contribution in [1.82, 2.24) is 24.8 Å². The highest BCUT2D eigenvalue weighted by Crippen LogP contribution is 2.40. The molecule has 3 aromatic heterocycles. The smallest absolute Gasteiger partial charge is 0.140 e. The number of nitrogens with one attached hydrogen (secondary N) is 1. The standard InChI is InChI=1S/C22H28N6/c1-2-28-13-4-3-8-22(28)9-5-12-27(15-22)19-7-11-24-21-20(19)17(14-25-21)18-6-10-23-16-26-18/h6-7,10-11,14,16H,2-5,8-9,12-13,15H2,1H3,(H,24,25). The Labute approximate surface area is 166 Å². The third-order valence-electron chi connectivity index (χ3n) is 6.68. The number of hydrogen-bond donors (Lipinski definition) is 1. The molecular formula is C22H28N6. The summed E-state index contributed by atoms with van der Waals surface area (Å²) >= 11 is 0. The first-order valence-corrected chi connectivity index (χ1v) is 10.5. The predicted molar refractivity (Wildman–Crippen MR) is 112 cm³/mol. The van der Waals surface area contributed by atoms with E-state index in [4.69, 9.17) is 0 Å². The maximum atomic E-state index is 4.58. The molecule has 0 saturated carbocycles. The van der Waals surface area contributed by atoms with Crippen LogP contribution < -0.4 is 4.90 Å². The normalized spacial score (nSPS) is 23.5. The van der Waals surface area contributed by atoms with E-state index < -0.39 is 0 Å². The zero-order chi connectivity index (χ0) is 19.0. The Morgan fingerprint density at radius 3 is 2.86 bits per heavy atom. The molecule has 2 fully saturated rings. The maximum absolute atomic E-state index is 4.58. The number of likely N-dealkylation sites (N-methyl/N-ethyl adjacent to an activating group) is 1. The van der Waals surface area contributed by atoms with Crippen LogP contribution in [0.5, 0.6) is 0 Å². The van der Waals surface area contributed by atoms with E-state index >= 15 is 0 Å². The van der Waals surface area contributed by atoms with Crippen LogP contribution in [-0.2, 0) is 0 Å². The van der Waals surface area contributed by atoms with Gasteiger partial charge in [0.2, 0.25) is 0 Å². The second-order valence-electron chi connectivity index (χ2n) is 8.14. The molecule has 1 spiro atoms. The Kier molecular flexibility index (Phi) is 4.51. The van der Waals surface area contributed by atoms with Crippen molar-refractivity contribution in [1.29, 1.82) is 0 Å². The molecular weight excluding hydrogens is 348 g/mol. The molecule has 0 aromatic carbocycles. The minimum absolute atomic E-state index is 0.326. The lowest BCUT2D eigenvalue weighted by Gasteiger charge is -2.52. The fourth-order valence-electron chi connectivity index (χ4n) is 5.38.